The Kier molecular flexibility index (Phi) is 6.42. The molecule has 3 N–H and O–H groups in total. The average molecular weight is 511 g/mol. The van der Waals surface area contributed by atoms with Crippen molar-refractivity contribution in [3.8, 4) is 11.5 Å². The van der Waals surface area contributed by atoms with E-state index in [2.05, 4.69) is 19.7 Å². The number of aromatic amines is 1. The molecule has 0 unspecified atom stereocenters. The van der Waals surface area contributed by atoms with Crippen molar-refractivity contribution in [2.75, 3.05) is 10.0 Å². The zero-order chi connectivity index (χ0) is 25.2. The summed E-state index contributed by atoms with van der Waals surface area (Å²) >= 11 is 0. The Hall–Kier alpha value is -4.40. The molecule has 182 valence electrons. The van der Waals surface area contributed by atoms with Crippen molar-refractivity contribution in [1.29, 1.82) is 0 Å². The first kappa shape index (κ1) is 23.7. The van der Waals surface area contributed by atoms with Crippen LogP contribution in [0.2, 0.25) is 0 Å². The standard InChI is InChI=1S/C20H13F4N5O5S/c21-13-4-5-14(29-35(31,32)12-3-1-2-10(6-12)33-19(23)24)16(22)17(13)28-20(30)34-11-7-15-18(25-8-11)27-9-26-15/h1-9,19,29H,(H,28,30)(H,25,26,27). The lowest BCUT2D eigenvalue weighted by molar-refractivity contribution is -0.0500. The number of aromatic nitrogens is 3. The van der Waals surface area contributed by atoms with Crippen LogP contribution in [0.5, 0.6) is 11.5 Å². The fourth-order valence-corrected chi connectivity index (χ4v) is 3.96. The van der Waals surface area contributed by atoms with Crippen LogP contribution in [-0.4, -0.2) is 36.1 Å². The number of benzene rings is 2. The van der Waals surface area contributed by atoms with Crippen molar-refractivity contribution in [3.05, 3.63) is 66.6 Å². The molecule has 0 saturated heterocycles. The van der Waals surface area contributed by atoms with Gasteiger partial charge in [0.05, 0.1) is 28.6 Å². The molecule has 0 fully saturated rings. The molecule has 2 heterocycles. The Morgan fingerprint density at radius 3 is 2.63 bits per heavy atom. The maximum Gasteiger partial charge on any atom is 0.417 e. The smallest absolute Gasteiger partial charge is 0.417 e. The number of hydrogen-bond donors (Lipinski definition) is 3. The normalized spacial score (nSPS) is 11.5. The lowest BCUT2D eigenvalue weighted by Gasteiger charge is -2.14. The van der Waals surface area contributed by atoms with Gasteiger partial charge in [-0.3, -0.25) is 10.0 Å². The van der Waals surface area contributed by atoms with Crippen LogP contribution in [0.1, 0.15) is 0 Å². The molecule has 1 amide bonds. The minimum atomic E-state index is -4.51. The van der Waals surface area contributed by atoms with Crippen LogP contribution in [0, 0.1) is 11.6 Å². The summed E-state index contributed by atoms with van der Waals surface area (Å²) in [5.74, 6) is -3.21. The summed E-state index contributed by atoms with van der Waals surface area (Å²) in [5, 5.41) is 1.86. The maximum atomic E-state index is 14.9. The van der Waals surface area contributed by atoms with E-state index in [-0.39, 0.29) is 5.75 Å². The first-order chi connectivity index (χ1) is 16.6. The van der Waals surface area contributed by atoms with Crippen LogP contribution in [0.25, 0.3) is 11.2 Å². The largest absolute Gasteiger partial charge is 0.435 e. The van der Waals surface area contributed by atoms with Gasteiger partial charge in [0.15, 0.2) is 17.2 Å². The van der Waals surface area contributed by atoms with Gasteiger partial charge in [-0.25, -0.2) is 32.0 Å². The van der Waals surface area contributed by atoms with Crippen LogP contribution in [0.4, 0.5) is 33.7 Å². The fraction of sp³-hybridized carbons (Fsp3) is 0.0500. The molecule has 0 aliphatic rings. The monoisotopic (exact) mass is 511 g/mol. The van der Waals surface area contributed by atoms with Crippen molar-refractivity contribution in [2.24, 2.45) is 0 Å². The molecular formula is C20H13F4N5O5S. The predicted molar refractivity (Wildman–Crippen MR) is 114 cm³/mol. The maximum absolute atomic E-state index is 14.9. The van der Waals surface area contributed by atoms with E-state index in [9.17, 15) is 30.8 Å². The molecule has 10 nitrogen and oxygen atoms in total. The lowest BCUT2D eigenvalue weighted by atomic mass is 10.2. The number of sulfonamides is 1. The van der Waals surface area contributed by atoms with Gasteiger partial charge in [0.1, 0.15) is 17.3 Å². The molecule has 2 aromatic carbocycles. The highest BCUT2D eigenvalue weighted by Gasteiger charge is 2.22. The topological polar surface area (TPSA) is 135 Å². The summed E-state index contributed by atoms with van der Waals surface area (Å²) < 4.78 is 90.1. The second-order valence-corrected chi connectivity index (χ2v) is 8.38. The first-order valence-corrected chi connectivity index (χ1v) is 10.9. The van der Waals surface area contributed by atoms with E-state index in [1.807, 2.05) is 10.0 Å². The fourth-order valence-electron chi connectivity index (χ4n) is 2.87. The zero-order valence-corrected chi connectivity index (χ0v) is 17.9. The number of anilines is 2. The number of nitrogens with zero attached hydrogens (tertiary/aromatic N) is 2. The molecule has 0 bridgehead atoms. The minimum Gasteiger partial charge on any atom is -0.435 e. The number of halogens is 4. The summed E-state index contributed by atoms with van der Waals surface area (Å²) in [6.07, 6.45) is 1.23. The molecule has 0 atom stereocenters. The van der Waals surface area contributed by atoms with E-state index in [1.165, 1.54) is 12.4 Å². The quantitative estimate of drug-likeness (QED) is 0.316. The molecule has 4 aromatic rings. The Labute approximate surface area is 194 Å². The van der Waals surface area contributed by atoms with E-state index < -0.39 is 56.4 Å². The van der Waals surface area contributed by atoms with Gasteiger partial charge in [0.25, 0.3) is 10.0 Å². The number of ether oxygens (including phenoxy) is 2. The number of fused-ring (bicyclic) bond motifs is 1. The Balaban J connectivity index is 1.53. The molecule has 0 saturated carbocycles. The highest BCUT2D eigenvalue weighted by molar-refractivity contribution is 7.92. The van der Waals surface area contributed by atoms with E-state index in [0.717, 1.165) is 36.5 Å². The van der Waals surface area contributed by atoms with Gasteiger partial charge >= 0.3 is 12.7 Å². The Morgan fingerprint density at radius 2 is 1.86 bits per heavy atom. The van der Waals surface area contributed by atoms with Crippen molar-refractivity contribution in [1.82, 2.24) is 15.0 Å². The molecule has 0 aliphatic carbocycles. The summed E-state index contributed by atoms with van der Waals surface area (Å²) in [7, 11) is -4.51. The van der Waals surface area contributed by atoms with Crippen LogP contribution in [0.15, 0.2) is 59.9 Å². The molecular weight excluding hydrogens is 498 g/mol. The van der Waals surface area contributed by atoms with Crippen molar-refractivity contribution in [3.63, 3.8) is 0 Å². The van der Waals surface area contributed by atoms with E-state index in [4.69, 9.17) is 4.74 Å². The summed E-state index contributed by atoms with van der Waals surface area (Å²) in [4.78, 5) is 22.2. The van der Waals surface area contributed by atoms with Gasteiger partial charge in [0.2, 0.25) is 0 Å². The predicted octanol–water partition coefficient (Wildman–Crippen LogP) is 4.25. The Morgan fingerprint density at radius 1 is 1.06 bits per heavy atom. The number of nitrogens with one attached hydrogen (secondary N) is 3. The second kappa shape index (κ2) is 9.46. The van der Waals surface area contributed by atoms with E-state index in [1.54, 1.807) is 0 Å². The van der Waals surface area contributed by atoms with Gasteiger partial charge in [-0.05, 0) is 24.3 Å². The summed E-state index contributed by atoms with van der Waals surface area (Å²) in [6, 6.07) is 6.90. The third-order valence-corrected chi connectivity index (χ3v) is 5.73. The van der Waals surface area contributed by atoms with Crippen molar-refractivity contribution < 1.29 is 40.2 Å². The average Bonchev–Trinajstić information content (AvgIpc) is 3.26. The number of rotatable bonds is 7. The number of hydrogen-bond acceptors (Lipinski definition) is 7. The molecule has 4 rings (SSSR count). The van der Waals surface area contributed by atoms with Gasteiger partial charge in [-0.1, -0.05) is 6.07 Å². The summed E-state index contributed by atoms with van der Waals surface area (Å²) in [5.41, 5.74) is -0.948. The minimum absolute atomic E-state index is 0.0668. The van der Waals surface area contributed by atoms with Crippen molar-refractivity contribution in [2.45, 2.75) is 11.5 Å². The zero-order valence-electron chi connectivity index (χ0n) is 17.1. The Bertz CT molecular complexity index is 1510. The molecule has 0 radical (unpaired) electrons. The highest BCUT2D eigenvalue weighted by atomic mass is 32.2. The number of H-pyrrole nitrogens is 1. The molecule has 35 heavy (non-hydrogen) atoms. The number of carbonyl (C=O) groups excluding carboxylic acids is 1. The number of imidazole rings is 1. The molecule has 0 aliphatic heterocycles. The highest BCUT2D eigenvalue weighted by Crippen LogP contribution is 2.29. The van der Waals surface area contributed by atoms with E-state index in [0.29, 0.717) is 17.2 Å². The first-order valence-electron chi connectivity index (χ1n) is 9.46. The molecule has 2 aromatic heterocycles. The number of amides is 1. The van der Waals surface area contributed by atoms with Crippen LogP contribution >= 0.6 is 0 Å². The van der Waals surface area contributed by atoms with Crippen LogP contribution in [-0.2, 0) is 10.0 Å². The molecule has 0 spiro atoms. The van der Waals surface area contributed by atoms with E-state index >= 15 is 0 Å². The number of alkyl halides is 2. The van der Waals surface area contributed by atoms with Gasteiger partial charge in [0, 0.05) is 12.1 Å². The number of carbonyl (C=O) groups is 1. The van der Waals surface area contributed by atoms with Gasteiger partial charge < -0.3 is 14.5 Å². The molecule has 15 heteroatoms. The van der Waals surface area contributed by atoms with Crippen LogP contribution < -0.4 is 19.5 Å². The summed E-state index contributed by atoms with van der Waals surface area (Å²) in [6.45, 7) is -3.19. The van der Waals surface area contributed by atoms with Crippen molar-refractivity contribution >= 4 is 38.7 Å². The third kappa shape index (κ3) is 5.40. The van der Waals surface area contributed by atoms with Crippen LogP contribution in [0.3, 0.4) is 0 Å². The second-order valence-electron chi connectivity index (χ2n) is 6.70. The number of pyridine rings is 1. The SMILES string of the molecule is O=C(Nc1c(F)ccc(NS(=O)(=O)c2cccc(OC(F)F)c2)c1F)Oc1cnc2nc[nH]c2c1. The lowest BCUT2D eigenvalue weighted by Crippen LogP contribution is -2.20. The third-order valence-electron chi connectivity index (χ3n) is 4.36. The van der Waals surface area contributed by atoms with Gasteiger partial charge in [-0.2, -0.15) is 8.78 Å². The van der Waals surface area contributed by atoms with Gasteiger partial charge in [-0.15, -0.1) is 0 Å².